The highest BCUT2D eigenvalue weighted by molar-refractivity contribution is 7.20. The summed E-state index contributed by atoms with van der Waals surface area (Å²) in [5.74, 6) is -4.27. The number of likely N-dealkylation sites (tertiary alicyclic amines) is 1. The molecule has 2 amide bonds. The molecule has 4 unspecified atom stereocenters. The lowest BCUT2D eigenvalue weighted by molar-refractivity contribution is -0.124. The first-order valence-corrected chi connectivity index (χ1v) is 19.0. The largest absolute Gasteiger partial charge is 0.483 e. The molecule has 1 saturated heterocycles. The van der Waals surface area contributed by atoms with Gasteiger partial charge < -0.3 is 25.2 Å². The second kappa shape index (κ2) is 16.8. The van der Waals surface area contributed by atoms with Crippen LogP contribution in [0.25, 0.3) is 11.1 Å². The molecule has 0 spiro atoms. The fourth-order valence-corrected chi connectivity index (χ4v) is 8.74. The molecule has 54 heavy (non-hydrogen) atoms. The SMILES string of the molecule is CCC(NC(=O)[C@H](CC(C)C)NC(=O)c1cccn(CCN2CCC3(P)C(F)(F)C3(C)C2)c1=O)c1cc(-c2c(C)cc(C)cc2C)cc(C)c1F.O=CO. The second-order valence-corrected chi connectivity index (χ2v) is 16.5. The minimum absolute atomic E-state index is 0.0221. The van der Waals surface area contributed by atoms with E-state index in [1.807, 2.05) is 58.6 Å². The Morgan fingerprint density at radius 3 is 2.24 bits per heavy atom. The van der Waals surface area contributed by atoms with Crippen molar-refractivity contribution in [3.05, 3.63) is 92.1 Å². The predicted octanol–water partition coefficient (Wildman–Crippen LogP) is 6.98. The highest BCUT2D eigenvalue weighted by Gasteiger charge is 2.87. The van der Waals surface area contributed by atoms with Crippen LogP contribution in [0.3, 0.4) is 0 Å². The van der Waals surface area contributed by atoms with Gasteiger partial charge >= 0.3 is 0 Å². The van der Waals surface area contributed by atoms with Crippen LogP contribution in [0.5, 0.6) is 0 Å². The zero-order valence-corrected chi connectivity index (χ0v) is 33.6. The van der Waals surface area contributed by atoms with Gasteiger partial charge in [0.2, 0.25) is 5.91 Å². The summed E-state index contributed by atoms with van der Waals surface area (Å²) in [6.07, 6.45) is 2.63. The molecule has 294 valence electrons. The van der Waals surface area contributed by atoms with E-state index in [9.17, 15) is 23.2 Å². The van der Waals surface area contributed by atoms with Crippen molar-refractivity contribution in [2.75, 3.05) is 19.6 Å². The Morgan fingerprint density at radius 1 is 1.04 bits per heavy atom. The number of carboxylic acid groups (broad SMARTS) is 1. The smallest absolute Gasteiger partial charge is 0.290 e. The Labute approximate surface area is 318 Å². The Kier molecular flexibility index (Phi) is 13.3. The molecule has 3 aromatic rings. The summed E-state index contributed by atoms with van der Waals surface area (Å²) >= 11 is 0. The molecule has 5 atom stereocenters. The molecule has 2 aliphatic rings. The monoisotopic (exact) mass is 770 g/mol. The van der Waals surface area contributed by atoms with Gasteiger partial charge in [-0.25, -0.2) is 13.2 Å². The maximum atomic E-state index is 15.8. The third-order valence-corrected chi connectivity index (χ3v) is 12.4. The molecule has 1 aliphatic carbocycles. The molecule has 13 heteroatoms. The molecule has 0 radical (unpaired) electrons. The summed E-state index contributed by atoms with van der Waals surface area (Å²) in [6.45, 7) is 16.2. The first-order valence-electron chi connectivity index (χ1n) is 18.4. The number of carbonyl (C=O) groups excluding carboxylic acids is 2. The van der Waals surface area contributed by atoms with Crippen LogP contribution in [0, 0.1) is 44.8 Å². The van der Waals surface area contributed by atoms with Crippen molar-refractivity contribution in [3.8, 4) is 11.1 Å². The minimum atomic E-state index is -2.75. The van der Waals surface area contributed by atoms with Gasteiger partial charge in [-0.1, -0.05) is 45.4 Å². The lowest BCUT2D eigenvalue weighted by Crippen LogP contribution is -2.49. The molecule has 0 bridgehead atoms. The van der Waals surface area contributed by atoms with Crippen LogP contribution in [-0.4, -0.2) is 69.6 Å². The van der Waals surface area contributed by atoms with E-state index in [1.165, 1.54) is 10.6 Å². The van der Waals surface area contributed by atoms with Gasteiger partial charge in [-0.05, 0) is 112 Å². The summed E-state index contributed by atoms with van der Waals surface area (Å²) < 4.78 is 46.3. The minimum Gasteiger partial charge on any atom is -0.483 e. The van der Waals surface area contributed by atoms with Crippen LogP contribution in [0.15, 0.2) is 47.4 Å². The summed E-state index contributed by atoms with van der Waals surface area (Å²) in [5, 5.41) is 11.6. The number of pyridine rings is 1. The van der Waals surface area contributed by atoms with Crippen molar-refractivity contribution >= 4 is 27.5 Å². The number of benzene rings is 2. The van der Waals surface area contributed by atoms with E-state index >= 15 is 4.39 Å². The normalized spacial score (nSPS) is 21.3. The highest BCUT2D eigenvalue weighted by atomic mass is 31.0. The standard InChI is InChI=1S/C40H52F3N4O3P.CH2O2/c1-9-31(30-21-28(20-27(7)34(30)41)33-25(5)18-24(4)19-26(33)6)44-36(49)32(17-23(2)3)45-35(48)29-11-10-13-47(37(29)50)16-15-46-14-12-39(51)38(8,22-46)40(39,42)43;2-1-3/h10-11,13,18-21,23,31-32H,9,12,14-17,22,51H2,1-8H3,(H,44,49)(H,45,48);1H,(H,2,3)/t31?,32-,38?,39?;/m0./s1. The number of nitrogens with zero attached hydrogens (tertiary/aromatic N) is 2. The van der Waals surface area contributed by atoms with Gasteiger partial charge in [-0.15, -0.1) is 9.24 Å². The number of nitrogens with one attached hydrogen (secondary N) is 2. The molecule has 9 nitrogen and oxygen atoms in total. The van der Waals surface area contributed by atoms with E-state index in [4.69, 9.17) is 9.90 Å². The van der Waals surface area contributed by atoms with Gasteiger partial charge in [0.05, 0.1) is 16.6 Å². The summed E-state index contributed by atoms with van der Waals surface area (Å²) in [5.41, 5.74) is 4.29. The Bertz CT molecular complexity index is 1930. The topological polar surface area (TPSA) is 121 Å². The zero-order chi connectivity index (χ0) is 40.3. The molecule has 2 heterocycles. The van der Waals surface area contributed by atoms with E-state index in [0.29, 0.717) is 43.5 Å². The average Bonchev–Trinajstić information content (AvgIpc) is 3.45. The van der Waals surface area contributed by atoms with Crippen molar-refractivity contribution in [3.63, 3.8) is 0 Å². The lowest BCUT2D eigenvalue weighted by Gasteiger charge is -2.32. The highest BCUT2D eigenvalue weighted by Crippen LogP contribution is 2.76. The number of alkyl halides is 2. The van der Waals surface area contributed by atoms with Crippen LogP contribution < -0.4 is 16.2 Å². The van der Waals surface area contributed by atoms with Crippen LogP contribution in [0.2, 0.25) is 0 Å². The maximum absolute atomic E-state index is 15.8. The zero-order valence-electron chi connectivity index (χ0n) is 32.5. The number of piperidine rings is 1. The number of rotatable bonds is 12. The second-order valence-electron chi connectivity index (χ2n) is 15.5. The summed E-state index contributed by atoms with van der Waals surface area (Å²) in [6, 6.07) is 9.21. The van der Waals surface area contributed by atoms with Crippen LogP contribution >= 0.6 is 9.24 Å². The quantitative estimate of drug-likeness (QED) is 0.135. The first kappa shape index (κ1) is 42.7. The fourth-order valence-electron chi connectivity index (χ4n) is 8.09. The maximum Gasteiger partial charge on any atom is 0.290 e. The van der Waals surface area contributed by atoms with Crippen LogP contribution in [0.1, 0.15) is 91.2 Å². The van der Waals surface area contributed by atoms with Crippen LogP contribution in [-0.2, 0) is 16.1 Å². The number of aryl methyl sites for hydroxylation is 4. The van der Waals surface area contributed by atoms with Gasteiger partial charge in [0.1, 0.15) is 17.4 Å². The van der Waals surface area contributed by atoms with Crippen molar-refractivity contribution in [2.24, 2.45) is 11.3 Å². The number of hydrogen-bond donors (Lipinski definition) is 3. The van der Waals surface area contributed by atoms with Crippen molar-refractivity contribution < 1.29 is 32.7 Å². The lowest BCUT2D eigenvalue weighted by atomic mass is 9.89. The first-order chi connectivity index (χ1) is 25.3. The summed E-state index contributed by atoms with van der Waals surface area (Å²) in [7, 11) is 2.37. The van der Waals surface area contributed by atoms with Crippen molar-refractivity contribution in [1.29, 1.82) is 0 Å². The number of amides is 2. The van der Waals surface area contributed by atoms with Gasteiger partial charge in [0.25, 0.3) is 23.9 Å². The third-order valence-electron chi connectivity index (χ3n) is 11.1. The van der Waals surface area contributed by atoms with Crippen molar-refractivity contribution in [1.82, 2.24) is 20.1 Å². The van der Waals surface area contributed by atoms with Gasteiger partial charge in [-0.2, -0.15) is 0 Å². The molecular formula is C41H54F3N4O5P. The molecule has 1 aliphatic heterocycles. The van der Waals surface area contributed by atoms with Crippen LogP contribution in [0.4, 0.5) is 13.2 Å². The Hall–Kier alpha value is -4.02. The van der Waals surface area contributed by atoms with Gasteiger partial charge in [0, 0.05) is 31.4 Å². The molecule has 1 aromatic heterocycles. The molecular weight excluding hydrogens is 716 g/mol. The Morgan fingerprint density at radius 2 is 1.67 bits per heavy atom. The van der Waals surface area contributed by atoms with Crippen molar-refractivity contribution in [2.45, 2.75) is 104 Å². The number of carbonyl (C=O) groups is 3. The molecule has 1 saturated carbocycles. The molecule has 2 fully saturated rings. The van der Waals surface area contributed by atoms with E-state index in [0.717, 1.165) is 27.8 Å². The number of hydrogen-bond acceptors (Lipinski definition) is 5. The number of aromatic nitrogens is 1. The van der Waals surface area contributed by atoms with E-state index in [1.54, 1.807) is 26.1 Å². The third kappa shape index (κ3) is 8.30. The summed E-state index contributed by atoms with van der Waals surface area (Å²) in [4.78, 5) is 51.2. The Balaban J connectivity index is 0.00000209. The fraction of sp³-hybridized carbons (Fsp3) is 0.512. The number of fused-ring (bicyclic) bond motifs is 1. The van der Waals surface area contributed by atoms with E-state index in [2.05, 4.69) is 32.0 Å². The van der Waals surface area contributed by atoms with E-state index < -0.39 is 46.0 Å². The average molecular weight is 771 g/mol. The molecule has 5 rings (SSSR count). The van der Waals surface area contributed by atoms with E-state index in [-0.39, 0.29) is 36.9 Å². The molecule has 2 aromatic carbocycles. The predicted molar refractivity (Wildman–Crippen MR) is 209 cm³/mol. The van der Waals surface area contributed by atoms with Gasteiger partial charge in [-0.3, -0.25) is 19.2 Å². The molecule has 3 N–H and O–H groups in total. The van der Waals surface area contributed by atoms with Gasteiger partial charge in [0.15, 0.2) is 0 Å². The number of halogens is 3.